The predicted octanol–water partition coefficient (Wildman–Crippen LogP) is 1.84. The highest BCUT2D eigenvalue weighted by Gasteiger charge is 2.28. The van der Waals surface area contributed by atoms with Crippen molar-refractivity contribution in [3.63, 3.8) is 0 Å². The average Bonchev–Trinajstić information content (AvgIpc) is 2.99. The summed E-state index contributed by atoms with van der Waals surface area (Å²) in [5.41, 5.74) is 6.02. The lowest BCUT2D eigenvalue weighted by Gasteiger charge is -2.35. The summed E-state index contributed by atoms with van der Waals surface area (Å²) in [6, 6.07) is 0.112. The molecule has 114 valence electrons. The maximum absolute atomic E-state index is 12.3. The Morgan fingerprint density at radius 1 is 1.45 bits per heavy atom. The van der Waals surface area contributed by atoms with Crippen LogP contribution in [0.2, 0.25) is 0 Å². The van der Waals surface area contributed by atoms with Crippen molar-refractivity contribution in [1.29, 1.82) is 0 Å². The maximum atomic E-state index is 12.3. The summed E-state index contributed by atoms with van der Waals surface area (Å²) >= 11 is 0. The number of imidazole rings is 1. The van der Waals surface area contributed by atoms with Crippen LogP contribution in [0.15, 0.2) is 18.7 Å². The van der Waals surface area contributed by atoms with Gasteiger partial charge in [-0.05, 0) is 18.8 Å². The highest BCUT2D eigenvalue weighted by molar-refractivity contribution is 5.85. The summed E-state index contributed by atoms with van der Waals surface area (Å²) in [6.45, 7) is 5.71. The van der Waals surface area contributed by atoms with E-state index in [1.165, 1.54) is 0 Å². The SMILES string of the molecule is CCC(C)C(N)C(=O)N1CCC(n2ccnc2)CC1.Cl. The van der Waals surface area contributed by atoms with Crippen molar-refractivity contribution in [3.05, 3.63) is 18.7 Å². The van der Waals surface area contributed by atoms with E-state index in [9.17, 15) is 4.79 Å². The Hall–Kier alpha value is -1.07. The van der Waals surface area contributed by atoms with Gasteiger partial charge in [-0.1, -0.05) is 20.3 Å². The highest BCUT2D eigenvalue weighted by Crippen LogP contribution is 2.23. The summed E-state index contributed by atoms with van der Waals surface area (Å²) in [5.74, 6) is 0.359. The minimum Gasteiger partial charge on any atom is -0.341 e. The summed E-state index contributed by atoms with van der Waals surface area (Å²) in [5, 5.41) is 0. The first-order chi connectivity index (χ1) is 9.13. The molecule has 1 aromatic rings. The van der Waals surface area contributed by atoms with Crippen molar-refractivity contribution in [2.24, 2.45) is 11.7 Å². The van der Waals surface area contributed by atoms with E-state index < -0.39 is 0 Å². The van der Waals surface area contributed by atoms with Crippen molar-refractivity contribution in [1.82, 2.24) is 14.5 Å². The minimum absolute atomic E-state index is 0. The van der Waals surface area contributed by atoms with Gasteiger partial charge in [0.05, 0.1) is 12.4 Å². The molecule has 1 amide bonds. The normalized spacial score (nSPS) is 19.2. The number of aromatic nitrogens is 2. The number of hydrogen-bond donors (Lipinski definition) is 1. The fourth-order valence-electron chi connectivity index (χ4n) is 2.58. The highest BCUT2D eigenvalue weighted by atomic mass is 35.5. The van der Waals surface area contributed by atoms with E-state index in [4.69, 9.17) is 5.73 Å². The fourth-order valence-corrected chi connectivity index (χ4v) is 2.58. The third kappa shape index (κ3) is 3.73. The maximum Gasteiger partial charge on any atom is 0.239 e. The number of rotatable bonds is 4. The summed E-state index contributed by atoms with van der Waals surface area (Å²) in [7, 11) is 0. The predicted molar refractivity (Wildman–Crippen MR) is 81.8 cm³/mol. The molecule has 5 nitrogen and oxygen atoms in total. The number of piperidine rings is 1. The second-order valence-corrected chi connectivity index (χ2v) is 5.48. The molecule has 2 unspecified atom stereocenters. The standard InChI is InChI=1S/C14H24N4O.ClH/c1-3-11(2)13(15)14(19)17-7-4-12(5-8-17)18-9-6-16-10-18;/h6,9-13H,3-5,7-8,15H2,1-2H3;1H. The van der Waals surface area contributed by atoms with Gasteiger partial charge in [0.1, 0.15) is 0 Å². The molecule has 20 heavy (non-hydrogen) atoms. The van der Waals surface area contributed by atoms with E-state index in [0.717, 1.165) is 32.4 Å². The number of carbonyl (C=O) groups is 1. The van der Waals surface area contributed by atoms with E-state index in [1.807, 2.05) is 24.3 Å². The molecular formula is C14H25ClN4O. The van der Waals surface area contributed by atoms with Gasteiger partial charge in [0.25, 0.3) is 0 Å². The van der Waals surface area contributed by atoms with Gasteiger partial charge in [0.2, 0.25) is 5.91 Å². The van der Waals surface area contributed by atoms with E-state index in [2.05, 4.69) is 16.5 Å². The monoisotopic (exact) mass is 300 g/mol. The van der Waals surface area contributed by atoms with Gasteiger partial charge in [-0.15, -0.1) is 12.4 Å². The van der Waals surface area contributed by atoms with Gasteiger partial charge < -0.3 is 15.2 Å². The minimum atomic E-state index is -0.352. The van der Waals surface area contributed by atoms with Crippen molar-refractivity contribution >= 4 is 18.3 Å². The third-order valence-electron chi connectivity index (χ3n) is 4.26. The lowest BCUT2D eigenvalue weighted by molar-refractivity contribution is -0.135. The fraction of sp³-hybridized carbons (Fsp3) is 0.714. The molecule has 2 heterocycles. The summed E-state index contributed by atoms with van der Waals surface area (Å²) in [4.78, 5) is 18.3. The molecule has 0 aliphatic carbocycles. The van der Waals surface area contributed by atoms with E-state index in [0.29, 0.717) is 6.04 Å². The van der Waals surface area contributed by atoms with Crippen LogP contribution in [-0.2, 0) is 4.79 Å². The van der Waals surface area contributed by atoms with Gasteiger partial charge in [-0.3, -0.25) is 4.79 Å². The molecule has 6 heteroatoms. The molecule has 2 atom stereocenters. The van der Waals surface area contributed by atoms with Crippen molar-refractivity contribution < 1.29 is 4.79 Å². The van der Waals surface area contributed by atoms with Crippen LogP contribution in [0.3, 0.4) is 0 Å². The molecule has 1 fully saturated rings. The number of halogens is 1. The third-order valence-corrected chi connectivity index (χ3v) is 4.26. The number of nitrogens with zero attached hydrogens (tertiary/aromatic N) is 3. The van der Waals surface area contributed by atoms with Gasteiger partial charge in [0.15, 0.2) is 0 Å². The number of nitrogens with two attached hydrogens (primary N) is 1. The van der Waals surface area contributed by atoms with Crippen molar-refractivity contribution in [3.8, 4) is 0 Å². The van der Waals surface area contributed by atoms with Crippen LogP contribution >= 0.6 is 12.4 Å². The molecule has 0 spiro atoms. The zero-order valence-electron chi connectivity index (χ0n) is 12.2. The zero-order chi connectivity index (χ0) is 13.8. The molecular weight excluding hydrogens is 276 g/mol. The van der Waals surface area contributed by atoms with Crippen molar-refractivity contribution in [2.45, 2.75) is 45.2 Å². The molecule has 1 aromatic heterocycles. The number of hydrogen-bond acceptors (Lipinski definition) is 3. The van der Waals surface area contributed by atoms with E-state index in [-0.39, 0.29) is 30.3 Å². The van der Waals surface area contributed by atoms with Gasteiger partial charge in [-0.25, -0.2) is 4.98 Å². The second-order valence-electron chi connectivity index (χ2n) is 5.48. The van der Waals surface area contributed by atoms with E-state index >= 15 is 0 Å². The van der Waals surface area contributed by atoms with Crippen LogP contribution in [0, 0.1) is 5.92 Å². The Kier molecular flexibility index (Phi) is 6.49. The van der Waals surface area contributed by atoms with Crippen LogP contribution in [-0.4, -0.2) is 39.5 Å². The van der Waals surface area contributed by atoms with Crippen LogP contribution in [0.4, 0.5) is 0 Å². The van der Waals surface area contributed by atoms with E-state index in [1.54, 1.807) is 6.20 Å². The van der Waals surface area contributed by atoms with Crippen LogP contribution in [0.1, 0.15) is 39.2 Å². The van der Waals surface area contributed by atoms with Crippen molar-refractivity contribution in [2.75, 3.05) is 13.1 Å². The molecule has 1 aliphatic rings. The first-order valence-electron chi connectivity index (χ1n) is 7.15. The Morgan fingerprint density at radius 2 is 2.10 bits per heavy atom. The van der Waals surface area contributed by atoms with Crippen LogP contribution in [0.5, 0.6) is 0 Å². The van der Waals surface area contributed by atoms with Gasteiger partial charge in [-0.2, -0.15) is 0 Å². The molecule has 0 aromatic carbocycles. The molecule has 1 aliphatic heterocycles. The molecule has 0 saturated carbocycles. The number of carbonyl (C=O) groups excluding carboxylic acids is 1. The smallest absolute Gasteiger partial charge is 0.239 e. The second kappa shape index (κ2) is 7.64. The largest absolute Gasteiger partial charge is 0.341 e. The van der Waals surface area contributed by atoms with Gasteiger partial charge in [0, 0.05) is 31.5 Å². The molecule has 0 bridgehead atoms. The quantitative estimate of drug-likeness (QED) is 0.923. The number of amides is 1. The Labute approximate surface area is 126 Å². The van der Waals surface area contributed by atoms with Gasteiger partial charge >= 0.3 is 0 Å². The lowest BCUT2D eigenvalue weighted by Crippen LogP contribution is -2.49. The number of likely N-dealkylation sites (tertiary alicyclic amines) is 1. The topological polar surface area (TPSA) is 64.2 Å². The Bertz CT molecular complexity index is 401. The first-order valence-corrected chi connectivity index (χ1v) is 7.15. The molecule has 1 saturated heterocycles. The Morgan fingerprint density at radius 3 is 2.60 bits per heavy atom. The lowest BCUT2D eigenvalue weighted by atomic mass is 9.97. The first kappa shape index (κ1) is 17.0. The Balaban J connectivity index is 0.00000200. The average molecular weight is 301 g/mol. The van der Waals surface area contributed by atoms with Crippen LogP contribution < -0.4 is 5.73 Å². The van der Waals surface area contributed by atoms with Crippen LogP contribution in [0.25, 0.3) is 0 Å². The molecule has 2 N–H and O–H groups in total. The summed E-state index contributed by atoms with van der Waals surface area (Å²) < 4.78 is 2.14. The molecule has 0 radical (unpaired) electrons. The summed E-state index contributed by atoms with van der Waals surface area (Å²) in [6.07, 6.45) is 8.56. The molecule has 2 rings (SSSR count). The zero-order valence-corrected chi connectivity index (χ0v) is 13.1.